The molecule has 1 heterocycles. The predicted molar refractivity (Wildman–Crippen MR) is 63.3 cm³/mol. The zero-order valence-corrected chi connectivity index (χ0v) is 10.0. The lowest BCUT2D eigenvalue weighted by atomic mass is 9.94. The van der Waals surface area contributed by atoms with E-state index in [2.05, 4.69) is 10.2 Å². The van der Waals surface area contributed by atoms with Crippen LogP contribution in [0.5, 0.6) is 0 Å². The van der Waals surface area contributed by atoms with Gasteiger partial charge in [-0.1, -0.05) is 6.92 Å². The van der Waals surface area contributed by atoms with Crippen molar-refractivity contribution >= 4 is 11.5 Å². The number of benzene rings is 1. The Morgan fingerprint density at radius 2 is 1.95 bits per heavy atom. The van der Waals surface area contributed by atoms with Gasteiger partial charge in [-0.25, -0.2) is 4.39 Å². The summed E-state index contributed by atoms with van der Waals surface area (Å²) in [4.78, 5) is 0. The Morgan fingerprint density at radius 1 is 1.26 bits per heavy atom. The maximum Gasteiger partial charge on any atom is 0.417 e. The van der Waals surface area contributed by atoms with E-state index in [1.807, 2.05) is 0 Å². The van der Waals surface area contributed by atoms with Crippen LogP contribution in [0.3, 0.4) is 0 Å². The zero-order valence-electron chi connectivity index (χ0n) is 10.0. The molecule has 1 aliphatic heterocycles. The number of rotatable bonds is 1. The van der Waals surface area contributed by atoms with Crippen LogP contribution in [-0.4, -0.2) is 11.5 Å². The van der Waals surface area contributed by atoms with Gasteiger partial charge >= 0.3 is 6.18 Å². The van der Waals surface area contributed by atoms with Crippen molar-refractivity contribution in [2.75, 3.05) is 0 Å². The molecule has 0 fully saturated rings. The smallest absolute Gasteiger partial charge is 0.385 e. The molecule has 0 aliphatic carbocycles. The van der Waals surface area contributed by atoms with Crippen LogP contribution in [-0.2, 0) is 6.18 Å². The lowest BCUT2D eigenvalue weighted by Gasteiger charge is -2.19. The van der Waals surface area contributed by atoms with Gasteiger partial charge in [0.2, 0.25) is 0 Å². The molecule has 0 saturated carbocycles. The topological polar surface area (TPSA) is 50.7 Å². The molecular formula is C12H11F4N3. The van der Waals surface area contributed by atoms with Gasteiger partial charge in [-0.15, -0.1) is 5.10 Å². The Morgan fingerprint density at radius 3 is 2.53 bits per heavy atom. The summed E-state index contributed by atoms with van der Waals surface area (Å²) in [5.41, 5.74) is 4.49. The Kier molecular flexibility index (Phi) is 3.30. The summed E-state index contributed by atoms with van der Waals surface area (Å²) < 4.78 is 51.6. The van der Waals surface area contributed by atoms with Crippen LogP contribution in [0.2, 0.25) is 0 Å². The first-order valence-corrected chi connectivity index (χ1v) is 5.56. The lowest BCUT2D eigenvalue weighted by Crippen LogP contribution is -2.27. The summed E-state index contributed by atoms with van der Waals surface area (Å²) in [6.45, 7) is 1.74. The first-order valence-electron chi connectivity index (χ1n) is 5.56. The number of nitrogens with two attached hydrogens (primary N) is 1. The lowest BCUT2D eigenvalue weighted by molar-refractivity contribution is -0.137. The number of amidine groups is 1. The summed E-state index contributed by atoms with van der Waals surface area (Å²) >= 11 is 0. The van der Waals surface area contributed by atoms with Crippen LogP contribution in [0.1, 0.15) is 24.5 Å². The Labute approximate surface area is 106 Å². The van der Waals surface area contributed by atoms with Crippen molar-refractivity contribution in [1.82, 2.24) is 0 Å². The van der Waals surface area contributed by atoms with Gasteiger partial charge in [0.25, 0.3) is 0 Å². The van der Waals surface area contributed by atoms with Gasteiger partial charge < -0.3 is 5.73 Å². The summed E-state index contributed by atoms with van der Waals surface area (Å²) in [7, 11) is 0. The standard InChI is InChI=1S/C12H11F4N3/c1-6-4-10(18-19-11(6)17)8-3-2-7(13)5-9(8)12(14,15)16/h2-3,5-6H,4H2,1H3,(H2,17,19). The van der Waals surface area contributed by atoms with Gasteiger partial charge in [-0.3, -0.25) is 0 Å². The SMILES string of the molecule is CC1CC(c2ccc(F)cc2C(F)(F)F)=NN=C1N. The number of hydrogen-bond donors (Lipinski definition) is 1. The number of nitrogens with zero attached hydrogens (tertiary/aromatic N) is 2. The van der Waals surface area contributed by atoms with Crippen LogP contribution in [0.4, 0.5) is 17.6 Å². The fourth-order valence-electron chi connectivity index (χ4n) is 1.82. The van der Waals surface area contributed by atoms with E-state index in [1.54, 1.807) is 6.92 Å². The summed E-state index contributed by atoms with van der Waals surface area (Å²) in [6, 6.07) is 2.50. The molecule has 102 valence electrons. The molecule has 1 aliphatic rings. The maximum absolute atomic E-state index is 13.0. The van der Waals surface area contributed by atoms with Gasteiger partial charge in [0, 0.05) is 17.9 Å². The average molecular weight is 273 g/mol. The minimum Gasteiger partial charge on any atom is -0.385 e. The number of alkyl halides is 3. The van der Waals surface area contributed by atoms with Gasteiger partial charge in [0.1, 0.15) is 11.7 Å². The van der Waals surface area contributed by atoms with Gasteiger partial charge in [-0.2, -0.15) is 18.3 Å². The molecule has 3 nitrogen and oxygen atoms in total. The molecule has 0 amide bonds. The van der Waals surface area contributed by atoms with Crippen molar-refractivity contribution in [2.45, 2.75) is 19.5 Å². The van der Waals surface area contributed by atoms with Gasteiger partial charge in [0.05, 0.1) is 11.3 Å². The Bertz CT molecular complexity index is 561. The third-order valence-electron chi connectivity index (χ3n) is 2.89. The van der Waals surface area contributed by atoms with Gasteiger partial charge in [0.15, 0.2) is 0 Å². The molecule has 1 unspecified atom stereocenters. The molecule has 0 bridgehead atoms. The highest BCUT2D eigenvalue weighted by Crippen LogP contribution is 2.34. The van der Waals surface area contributed by atoms with Crippen LogP contribution in [0.25, 0.3) is 0 Å². The second kappa shape index (κ2) is 4.64. The largest absolute Gasteiger partial charge is 0.417 e. The molecular weight excluding hydrogens is 262 g/mol. The normalized spacial score (nSPS) is 19.9. The molecule has 19 heavy (non-hydrogen) atoms. The second-order valence-electron chi connectivity index (χ2n) is 4.36. The van der Waals surface area contributed by atoms with E-state index in [0.717, 1.165) is 12.1 Å². The van der Waals surface area contributed by atoms with Crippen molar-refractivity contribution in [1.29, 1.82) is 0 Å². The van der Waals surface area contributed by atoms with E-state index in [9.17, 15) is 17.6 Å². The van der Waals surface area contributed by atoms with Crippen LogP contribution in [0.15, 0.2) is 28.4 Å². The molecule has 0 aromatic heterocycles. The molecule has 0 radical (unpaired) electrons. The number of hydrogen-bond acceptors (Lipinski definition) is 3. The first kappa shape index (κ1) is 13.5. The number of halogens is 4. The van der Waals surface area contributed by atoms with Crippen molar-refractivity contribution < 1.29 is 17.6 Å². The van der Waals surface area contributed by atoms with Crippen molar-refractivity contribution in [3.8, 4) is 0 Å². The van der Waals surface area contributed by atoms with E-state index in [4.69, 9.17) is 5.73 Å². The van der Waals surface area contributed by atoms with Crippen molar-refractivity contribution in [3.63, 3.8) is 0 Å². The molecule has 0 spiro atoms. The van der Waals surface area contributed by atoms with E-state index < -0.39 is 17.6 Å². The first-order chi connectivity index (χ1) is 8.79. The minimum absolute atomic E-state index is 0.156. The Hall–Kier alpha value is -1.92. The maximum atomic E-state index is 13.0. The third-order valence-corrected chi connectivity index (χ3v) is 2.89. The van der Waals surface area contributed by atoms with Crippen LogP contribution < -0.4 is 5.73 Å². The summed E-state index contributed by atoms with van der Waals surface area (Å²) in [6.07, 6.45) is -4.40. The van der Waals surface area contributed by atoms with Crippen LogP contribution >= 0.6 is 0 Å². The molecule has 2 rings (SSSR count). The molecule has 1 aromatic rings. The van der Waals surface area contributed by atoms with Crippen molar-refractivity contribution in [2.24, 2.45) is 21.9 Å². The summed E-state index contributed by atoms with van der Waals surface area (Å²) in [5.74, 6) is -0.860. The summed E-state index contributed by atoms with van der Waals surface area (Å²) in [5, 5.41) is 7.33. The predicted octanol–water partition coefficient (Wildman–Crippen LogP) is 2.95. The quantitative estimate of drug-likeness (QED) is 0.786. The third kappa shape index (κ3) is 2.74. The van der Waals surface area contributed by atoms with Crippen molar-refractivity contribution in [3.05, 3.63) is 35.1 Å². The van der Waals surface area contributed by atoms with Gasteiger partial charge in [-0.05, 0) is 18.2 Å². The molecule has 7 heteroatoms. The molecule has 1 aromatic carbocycles. The molecule has 1 atom stereocenters. The van der Waals surface area contributed by atoms with Crippen LogP contribution in [0, 0.1) is 11.7 Å². The monoisotopic (exact) mass is 273 g/mol. The van der Waals surface area contributed by atoms with E-state index >= 15 is 0 Å². The fraction of sp³-hybridized carbons (Fsp3) is 0.333. The molecule has 2 N–H and O–H groups in total. The highest BCUT2D eigenvalue weighted by Gasteiger charge is 2.35. The molecule has 0 saturated heterocycles. The van der Waals surface area contributed by atoms with E-state index in [-0.39, 0.29) is 29.4 Å². The second-order valence-corrected chi connectivity index (χ2v) is 4.36. The zero-order chi connectivity index (χ0) is 14.2. The fourth-order valence-corrected chi connectivity index (χ4v) is 1.82. The highest BCUT2D eigenvalue weighted by molar-refractivity contribution is 6.05. The Balaban J connectivity index is 2.52. The average Bonchev–Trinajstić information content (AvgIpc) is 2.32. The highest BCUT2D eigenvalue weighted by atomic mass is 19.4. The van der Waals surface area contributed by atoms with E-state index in [1.165, 1.54) is 0 Å². The van der Waals surface area contributed by atoms with E-state index in [0.29, 0.717) is 6.07 Å². The minimum atomic E-state index is -4.64.